The third-order valence-corrected chi connectivity index (χ3v) is 5.43. The second-order valence-corrected chi connectivity index (χ2v) is 7.17. The van der Waals surface area contributed by atoms with E-state index in [0.29, 0.717) is 13.0 Å². The highest BCUT2D eigenvalue weighted by Gasteiger charge is 2.27. The predicted molar refractivity (Wildman–Crippen MR) is 69.2 cm³/mol. The van der Waals surface area contributed by atoms with E-state index >= 15 is 0 Å². The Morgan fingerprint density at radius 2 is 2.06 bits per heavy atom. The van der Waals surface area contributed by atoms with Crippen LogP contribution >= 0.6 is 0 Å². The lowest BCUT2D eigenvalue weighted by Crippen LogP contribution is -2.39. The first-order chi connectivity index (χ1) is 8.47. The van der Waals surface area contributed by atoms with Crippen molar-refractivity contribution >= 4 is 10.0 Å². The minimum absolute atomic E-state index is 0.0138. The summed E-state index contributed by atoms with van der Waals surface area (Å²) in [7, 11) is -1.73. The second-order valence-electron chi connectivity index (χ2n) is 4.97. The first-order valence-corrected chi connectivity index (χ1v) is 8.07. The first-order valence-electron chi connectivity index (χ1n) is 6.46. The van der Waals surface area contributed by atoms with E-state index in [4.69, 9.17) is 5.26 Å². The molecule has 18 heavy (non-hydrogen) atoms. The van der Waals surface area contributed by atoms with Crippen molar-refractivity contribution in [2.24, 2.45) is 5.92 Å². The van der Waals surface area contributed by atoms with Gasteiger partial charge in [0.15, 0.2) is 0 Å². The summed E-state index contributed by atoms with van der Waals surface area (Å²) in [4.78, 5) is 0. The fourth-order valence-electron chi connectivity index (χ4n) is 2.33. The van der Waals surface area contributed by atoms with Crippen LogP contribution in [0.4, 0.5) is 0 Å². The molecule has 0 bridgehead atoms. The summed E-state index contributed by atoms with van der Waals surface area (Å²) in [5.74, 6) is 0.0642. The maximum atomic E-state index is 11.9. The Bertz CT molecular complexity index is 389. The molecule has 6 heteroatoms. The third kappa shape index (κ3) is 4.56. The topological polar surface area (TPSA) is 81.4 Å². The van der Waals surface area contributed by atoms with Crippen molar-refractivity contribution in [3.05, 3.63) is 0 Å². The molecule has 0 amide bonds. The van der Waals surface area contributed by atoms with E-state index in [1.165, 1.54) is 4.31 Å². The first kappa shape index (κ1) is 15.4. The zero-order valence-electron chi connectivity index (χ0n) is 10.9. The molecule has 0 heterocycles. The summed E-state index contributed by atoms with van der Waals surface area (Å²) in [6, 6.07) is 1.94. The van der Waals surface area contributed by atoms with Crippen molar-refractivity contribution in [3.63, 3.8) is 0 Å². The molecule has 2 unspecified atom stereocenters. The van der Waals surface area contributed by atoms with E-state index in [9.17, 15) is 13.5 Å². The van der Waals surface area contributed by atoms with Gasteiger partial charge in [-0.3, -0.25) is 0 Å². The van der Waals surface area contributed by atoms with E-state index in [1.807, 2.05) is 6.07 Å². The molecule has 1 N–H and O–H groups in total. The van der Waals surface area contributed by atoms with Crippen molar-refractivity contribution < 1.29 is 13.5 Å². The average Bonchev–Trinajstić information content (AvgIpc) is 2.32. The molecular formula is C12H22N2O3S. The Morgan fingerprint density at radius 3 is 2.67 bits per heavy atom. The van der Waals surface area contributed by atoms with Crippen LogP contribution in [0.3, 0.4) is 0 Å². The molecule has 1 aliphatic rings. The van der Waals surface area contributed by atoms with Gasteiger partial charge in [-0.2, -0.15) is 5.26 Å². The fourth-order valence-corrected chi connectivity index (χ4v) is 3.57. The monoisotopic (exact) mass is 274 g/mol. The van der Waals surface area contributed by atoms with Crippen LogP contribution in [0, 0.1) is 17.2 Å². The lowest BCUT2D eigenvalue weighted by Gasteiger charge is -2.30. The summed E-state index contributed by atoms with van der Waals surface area (Å²) >= 11 is 0. The molecule has 1 fully saturated rings. The molecule has 0 aromatic rings. The normalized spacial score (nSPS) is 25.0. The summed E-state index contributed by atoms with van der Waals surface area (Å²) in [6.07, 6.45) is 4.00. The van der Waals surface area contributed by atoms with Crippen LogP contribution in [-0.2, 0) is 10.0 Å². The van der Waals surface area contributed by atoms with Crippen LogP contribution in [0.15, 0.2) is 0 Å². The Morgan fingerprint density at radius 1 is 1.39 bits per heavy atom. The van der Waals surface area contributed by atoms with Crippen molar-refractivity contribution in [1.29, 1.82) is 5.26 Å². The maximum Gasteiger partial charge on any atom is 0.213 e. The van der Waals surface area contributed by atoms with E-state index in [1.54, 1.807) is 7.05 Å². The van der Waals surface area contributed by atoms with Gasteiger partial charge in [-0.25, -0.2) is 12.7 Å². The van der Waals surface area contributed by atoms with Gasteiger partial charge in [-0.15, -0.1) is 0 Å². The van der Waals surface area contributed by atoms with Gasteiger partial charge >= 0.3 is 0 Å². The van der Waals surface area contributed by atoms with Gasteiger partial charge in [0.2, 0.25) is 10.0 Å². The summed E-state index contributed by atoms with van der Waals surface area (Å²) in [5, 5.41) is 18.2. The third-order valence-electron chi connectivity index (χ3n) is 3.53. The molecule has 104 valence electrons. The summed E-state index contributed by atoms with van der Waals surface area (Å²) < 4.78 is 25.2. The lowest BCUT2D eigenvalue weighted by molar-refractivity contribution is 0.0621. The van der Waals surface area contributed by atoms with Crippen LogP contribution < -0.4 is 0 Å². The lowest BCUT2D eigenvalue weighted by atomic mass is 9.86. The molecule has 1 saturated carbocycles. The highest BCUT2D eigenvalue weighted by molar-refractivity contribution is 7.89. The number of nitrogens with zero attached hydrogens (tertiary/aromatic N) is 2. The highest BCUT2D eigenvalue weighted by Crippen LogP contribution is 2.25. The molecule has 2 atom stereocenters. The zero-order chi connectivity index (χ0) is 13.6. The number of aliphatic hydroxyl groups is 1. The Labute approximate surface area is 109 Å². The molecule has 5 nitrogen and oxygen atoms in total. The number of rotatable bonds is 6. The Hall–Kier alpha value is -0.640. The van der Waals surface area contributed by atoms with Crippen molar-refractivity contribution in [2.75, 3.05) is 19.3 Å². The molecule has 0 aromatic carbocycles. The van der Waals surface area contributed by atoms with Gasteiger partial charge < -0.3 is 5.11 Å². The molecule has 1 rings (SSSR count). The van der Waals surface area contributed by atoms with Gasteiger partial charge in [-0.05, 0) is 25.2 Å². The van der Waals surface area contributed by atoms with E-state index in [2.05, 4.69) is 0 Å². The number of sulfonamides is 1. The smallest absolute Gasteiger partial charge is 0.213 e. The number of aliphatic hydroxyl groups excluding tert-OH is 1. The molecule has 0 radical (unpaired) electrons. The largest absolute Gasteiger partial charge is 0.393 e. The summed E-state index contributed by atoms with van der Waals surface area (Å²) in [5.41, 5.74) is 0. The number of nitriles is 1. The Kier molecular flexibility index (Phi) is 6.06. The SMILES string of the molecule is CN(CC1CCCCC1O)S(=O)(=O)CCCC#N. The van der Waals surface area contributed by atoms with Crippen LogP contribution in [0.25, 0.3) is 0 Å². The van der Waals surface area contributed by atoms with Gasteiger partial charge in [0.25, 0.3) is 0 Å². The molecule has 0 aromatic heterocycles. The van der Waals surface area contributed by atoms with Crippen molar-refractivity contribution in [1.82, 2.24) is 4.31 Å². The van der Waals surface area contributed by atoms with Crippen molar-refractivity contribution in [3.8, 4) is 6.07 Å². The standard InChI is InChI=1S/C12H22N2O3S/c1-14(18(16,17)9-5-4-8-13)10-11-6-2-3-7-12(11)15/h11-12,15H,2-7,9-10H2,1H3. The Balaban J connectivity index is 2.47. The summed E-state index contributed by atoms with van der Waals surface area (Å²) in [6.45, 7) is 0.385. The van der Waals surface area contributed by atoms with Gasteiger partial charge in [0.1, 0.15) is 0 Å². The van der Waals surface area contributed by atoms with Crippen LogP contribution in [0.5, 0.6) is 0 Å². The van der Waals surface area contributed by atoms with E-state index in [-0.39, 0.29) is 24.2 Å². The van der Waals surface area contributed by atoms with Gasteiger partial charge in [-0.1, -0.05) is 12.8 Å². The van der Waals surface area contributed by atoms with Crippen LogP contribution in [0.1, 0.15) is 38.5 Å². The average molecular weight is 274 g/mol. The predicted octanol–water partition coefficient (Wildman–Crippen LogP) is 1.10. The highest BCUT2D eigenvalue weighted by atomic mass is 32.2. The molecular weight excluding hydrogens is 252 g/mol. The fraction of sp³-hybridized carbons (Fsp3) is 0.917. The number of hydrogen-bond acceptors (Lipinski definition) is 4. The molecule has 0 aliphatic heterocycles. The van der Waals surface area contributed by atoms with Crippen LogP contribution in [-0.4, -0.2) is 43.3 Å². The zero-order valence-corrected chi connectivity index (χ0v) is 11.7. The van der Waals surface area contributed by atoms with Gasteiger partial charge in [0.05, 0.1) is 17.9 Å². The quantitative estimate of drug-likeness (QED) is 0.735. The molecule has 0 spiro atoms. The van der Waals surface area contributed by atoms with Crippen molar-refractivity contribution in [2.45, 2.75) is 44.6 Å². The molecule has 1 aliphatic carbocycles. The van der Waals surface area contributed by atoms with Gasteiger partial charge in [0, 0.05) is 20.0 Å². The minimum Gasteiger partial charge on any atom is -0.393 e. The van der Waals surface area contributed by atoms with E-state index < -0.39 is 10.0 Å². The minimum atomic E-state index is -3.28. The van der Waals surface area contributed by atoms with E-state index in [0.717, 1.165) is 25.7 Å². The maximum absolute atomic E-state index is 11.9. The van der Waals surface area contributed by atoms with Crippen LogP contribution in [0.2, 0.25) is 0 Å². The number of unbranched alkanes of at least 4 members (excludes halogenated alkanes) is 1. The molecule has 0 saturated heterocycles. The number of hydrogen-bond donors (Lipinski definition) is 1. The second kappa shape index (κ2) is 7.07.